The molecule has 1 N–H and O–H groups in total. The summed E-state index contributed by atoms with van der Waals surface area (Å²) in [6, 6.07) is 0. The molecule has 0 atom stereocenters. The molecular weight excluding hydrogens is 118 g/mol. The van der Waals surface area contributed by atoms with Crippen LogP contribution in [-0.2, 0) is 0 Å². The van der Waals surface area contributed by atoms with Gasteiger partial charge in [-0.15, -0.1) is 6.58 Å². The van der Waals surface area contributed by atoms with Crippen molar-refractivity contribution in [1.29, 1.82) is 0 Å². The molecule has 50 valence electrons. The Kier molecular flexibility index (Phi) is 1.42. The molecule has 0 aromatic carbocycles. The van der Waals surface area contributed by atoms with Gasteiger partial charge in [-0.1, -0.05) is 6.08 Å². The highest BCUT2D eigenvalue weighted by molar-refractivity contribution is 5.66. The first-order valence-corrected chi connectivity index (χ1v) is 2.84. The van der Waals surface area contributed by atoms with Gasteiger partial charge in [0, 0.05) is 19.0 Å². The summed E-state index contributed by atoms with van der Waals surface area (Å²) in [5.41, 5.74) is 0. The lowest BCUT2D eigenvalue weighted by Gasteiger charge is -2.34. The number of carboxylic acid groups (broad SMARTS) is 1. The largest absolute Gasteiger partial charge is 0.465 e. The number of amides is 1. The maximum atomic E-state index is 10.1. The Morgan fingerprint density at radius 3 is 2.67 bits per heavy atom. The van der Waals surface area contributed by atoms with E-state index in [0.29, 0.717) is 19.0 Å². The Hall–Kier alpha value is -0.990. The first kappa shape index (κ1) is 6.13. The molecule has 1 aliphatic heterocycles. The zero-order chi connectivity index (χ0) is 6.85. The lowest BCUT2D eigenvalue weighted by Crippen LogP contribution is -2.48. The number of carbonyl (C=O) groups is 1. The monoisotopic (exact) mass is 127 g/mol. The quantitative estimate of drug-likeness (QED) is 0.529. The molecule has 9 heavy (non-hydrogen) atoms. The van der Waals surface area contributed by atoms with Gasteiger partial charge in [-0.25, -0.2) is 4.79 Å². The summed E-state index contributed by atoms with van der Waals surface area (Å²) in [5, 5.41) is 8.34. The molecule has 0 unspecified atom stereocenters. The van der Waals surface area contributed by atoms with Crippen molar-refractivity contribution in [2.75, 3.05) is 13.1 Å². The number of likely N-dealkylation sites (tertiary alicyclic amines) is 1. The van der Waals surface area contributed by atoms with Crippen molar-refractivity contribution >= 4 is 6.09 Å². The average Bonchev–Trinajstić information content (AvgIpc) is 1.61. The highest BCUT2D eigenvalue weighted by Crippen LogP contribution is 2.15. The second kappa shape index (κ2) is 2.09. The fourth-order valence-electron chi connectivity index (χ4n) is 0.818. The Balaban J connectivity index is 2.26. The Labute approximate surface area is 53.6 Å². The van der Waals surface area contributed by atoms with Crippen LogP contribution < -0.4 is 0 Å². The zero-order valence-corrected chi connectivity index (χ0v) is 5.08. The van der Waals surface area contributed by atoms with Gasteiger partial charge in [-0.3, -0.25) is 0 Å². The van der Waals surface area contributed by atoms with Crippen molar-refractivity contribution in [3.8, 4) is 0 Å². The average molecular weight is 127 g/mol. The van der Waals surface area contributed by atoms with Crippen LogP contribution in [0, 0.1) is 5.92 Å². The minimum Gasteiger partial charge on any atom is -0.465 e. The predicted molar refractivity (Wildman–Crippen MR) is 33.3 cm³/mol. The lowest BCUT2D eigenvalue weighted by molar-refractivity contribution is 0.0974. The van der Waals surface area contributed by atoms with Crippen LogP contribution in [0.1, 0.15) is 0 Å². The molecule has 0 bridgehead atoms. The van der Waals surface area contributed by atoms with E-state index in [0.717, 1.165) is 0 Å². The molecule has 0 aromatic heterocycles. The Bertz CT molecular complexity index is 138. The summed E-state index contributed by atoms with van der Waals surface area (Å²) in [7, 11) is 0. The van der Waals surface area contributed by atoms with Gasteiger partial charge in [0.1, 0.15) is 0 Å². The van der Waals surface area contributed by atoms with Crippen LogP contribution in [0.2, 0.25) is 0 Å². The number of hydrogen-bond acceptors (Lipinski definition) is 1. The fourth-order valence-corrected chi connectivity index (χ4v) is 0.818. The minimum atomic E-state index is -0.826. The summed E-state index contributed by atoms with van der Waals surface area (Å²) in [6.45, 7) is 4.80. The molecule has 1 aliphatic rings. The molecule has 0 spiro atoms. The third-order valence-electron chi connectivity index (χ3n) is 1.51. The second-order valence-electron chi connectivity index (χ2n) is 2.18. The zero-order valence-electron chi connectivity index (χ0n) is 5.08. The van der Waals surface area contributed by atoms with Crippen LogP contribution in [0.5, 0.6) is 0 Å². The van der Waals surface area contributed by atoms with E-state index < -0.39 is 6.09 Å². The van der Waals surface area contributed by atoms with Gasteiger partial charge in [0.15, 0.2) is 0 Å². The molecule has 1 rings (SSSR count). The number of hydrogen-bond donors (Lipinski definition) is 1. The van der Waals surface area contributed by atoms with Crippen molar-refractivity contribution < 1.29 is 9.90 Å². The summed E-state index contributed by atoms with van der Waals surface area (Å²) < 4.78 is 0. The van der Waals surface area contributed by atoms with E-state index in [9.17, 15) is 4.79 Å². The van der Waals surface area contributed by atoms with Crippen molar-refractivity contribution in [2.24, 2.45) is 5.92 Å². The number of nitrogens with zero attached hydrogens (tertiary/aromatic N) is 1. The standard InChI is InChI=1S/C6H9NO2/c1-2-5-3-7(4-5)6(8)9/h2,5H,1,3-4H2,(H,8,9). The van der Waals surface area contributed by atoms with E-state index in [2.05, 4.69) is 6.58 Å². The van der Waals surface area contributed by atoms with Crippen LogP contribution in [0.4, 0.5) is 4.79 Å². The Morgan fingerprint density at radius 1 is 1.78 bits per heavy atom. The smallest absolute Gasteiger partial charge is 0.407 e. The molecule has 0 saturated carbocycles. The Morgan fingerprint density at radius 2 is 2.33 bits per heavy atom. The first-order valence-electron chi connectivity index (χ1n) is 2.84. The van der Waals surface area contributed by atoms with Gasteiger partial charge in [-0.2, -0.15) is 0 Å². The van der Waals surface area contributed by atoms with Gasteiger partial charge < -0.3 is 10.0 Å². The molecule has 3 nitrogen and oxygen atoms in total. The normalized spacial score (nSPS) is 18.9. The molecule has 3 heteroatoms. The third kappa shape index (κ3) is 1.04. The van der Waals surface area contributed by atoms with Crippen LogP contribution in [0.25, 0.3) is 0 Å². The van der Waals surface area contributed by atoms with Crippen LogP contribution >= 0.6 is 0 Å². The van der Waals surface area contributed by atoms with Crippen LogP contribution in [-0.4, -0.2) is 29.2 Å². The van der Waals surface area contributed by atoms with E-state index >= 15 is 0 Å². The summed E-state index contributed by atoms with van der Waals surface area (Å²) in [4.78, 5) is 11.5. The summed E-state index contributed by atoms with van der Waals surface area (Å²) >= 11 is 0. The van der Waals surface area contributed by atoms with Gasteiger partial charge in [0.2, 0.25) is 0 Å². The molecule has 1 fully saturated rings. The first-order chi connectivity index (χ1) is 4.24. The van der Waals surface area contributed by atoms with Gasteiger partial charge in [0.25, 0.3) is 0 Å². The van der Waals surface area contributed by atoms with Crippen molar-refractivity contribution in [3.05, 3.63) is 12.7 Å². The van der Waals surface area contributed by atoms with Gasteiger partial charge in [-0.05, 0) is 0 Å². The lowest BCUT2D eigenvalue weighted by atomic mass is 10.0. The predicted octanol–water partition coefficient (Wildman–Crippen LogP) is 0.782. The summed E-state index contributed by atoms with van der Waals surface area (Å²) in [5.74, 6) is 0.390. The molecule has 0 radical (unpaired) electrons. The van der Waals surface area contributed by atoms with Crippen LogP contribution in [0.3, 0.4) is 0 Å². The minimum absolute atomic E-state index is 0.390. The molecule has 1 saturated heterocycles. The van der Waals surface area contributed by atoms with Gasteiger partial charge in [0.05, 0.1) is 0 Å². The van der Waals surface area contributed by atoms with Crippen molar-refractivity contribution in [3.63, 3.8) is 0 Å². The van der Waals surface area contributed by atoms with Crippen molar-refractivity contribution in [1.82, 2.24) is 4.90 Å². The maximum Gasteiger partial charge on any atom is 0.407 e. The summed E-state index contributed by atoms with van der Waals surface area (Å²) in [6.07, 6.45) is 0.965. The highest BCUT2D eigenvalue weighted by atomic mass is 16.4. The maximum absolute atomic E-state index is 10.1. The fraction of sp³-hybridized carbons (Fsp3) is 0.500. The highest BCUT2D eigenvalue weighted by Gasteiger charge is 2.27. The molecule has 1 heterocycles. The van der Waals surface area contributed by atoms with E-state index in [-0.39, 0.29) is 0 Å². The third-order valence-corrected chi connectivity index (χ3v) is 1.51. The molecule has 1 amide bonds. The van der Waals surface area contributed by atoms with Crippen molar-refractivity contribution in [2.45, 2.75) is 0 Å². The topological polar surface area (TPSA) is 40.5 Å². The van der Waals surface area contributed by atoms with E-state index in [1.165, 1.54) is 4.90 Å². The number of rotatable bonds is 1. The SMILES string of the molecule is C=CC1CN(C(=O)O)C1. The van der Waals surface area contributed by atoms with Crippen LogP contribution in [0.15, 0.2) is 12.7 Å². The molecular formula is C6H9NO2. The molecule has 0 aliphatic carbocycles. The van der Waals surface area contributed by atoms with E-state index in [1.807, 2.05) is 0 Å². The second-order valence-corrected chi connectivity index (χ2v) is 2.18. The molecule has 0 aromatic rings. The van der Waals surface area contributed by atoms with E-state index in [4.69, 9.17) is 5.11 Å². The van der Waals surface area contributed by atoms with E-state index in [1.54, 1.807) is 6.08 Å². The van der Waals surface area contributed by atoms with Gasteiger partial charge >= 0.3 is 6.09 Å².